The molecule has 0 aliphatic rings. The summed E-state index contributed by atoms with van der Waals surface area (Å²) in [6.45, 7) is 4.02. The molecular formula is C27H39ClN2O3S. The molecule has 0 heterocycles. The molecule has 0 aliphatic carbocycles. The van der Waals surface area contributed by atoms with Gasteiger partial charge in [0.05, 0.1) is 47.2 Å². The van der Waals surface area contributed by atoms with E-state index < -0.39 is 10.1 Å². The average molecular weight is 507 g/mol. The van der Waals surface area contributed by atoms with Crippen LogP contribution in [0.15, 0.2) is 89.8 Å². The number of quaternary nitrogens is 2. The van der Waals surface area contributed by atoms with E-state index in [0.29, 0.717) is 0 Å². The molecule has 188 valence electrons. The summed E-state index contributed by atoms with van der Waals surface area (Å²) in [7, 11) is 8.94. The van der Waals surface area contributed by atoms with Crippen LogP contribution in [-0.2, 0) is 23.2 Å². The van der Waals surface area contributed by atoms with Gasteiger partial charge in [0.15, 0.2) is 0 Å². The van der Waals surface area contributed by atoms with Crippen molar-refractivity contribution in [2.75, 3.05) is 42.3 Å². The first-order valence-electron chi connectivity index (χ1n) is 10.9. The third-order valence-corrected chi connectivity index (χ3v) is 5.16. The molecule has 3 rings (SSSR count). The molecule has 0 N–H and O–H groups in total. The molecule has 0 fully saturated rings. The van der Waals surface area contributed by atoms with Crippen molar-refractivity contribution in [1.29, 1.82) is 0 Å². The Hall–Kier alpha value is -2.22. The summed E-state index contributed by atoms with van der Waals surface area (Å²) in [6, 6.07) is 26.9. The van der Waals surface area contributed by atoms with Gasteiger partial charge in [0.25, 0.3) is 0 Å². The highest BCUT2D eigenvalue weighted by atomic mass is 35.5. The lowest BCUT2D eigenvalue weighted by Gasteiger charge is -2.23. The van der Waals surface area contributed by atoms with E-state index in [0.717, 1.165) is 27.6 Å². The van der Waals surface area contributed by atoms with Crippen molar-refractivity contribution in [3.05, 3.63) is 102 Å². The molecule has 0 amide bonds. The number of halogens is 1. The van der Waals surface area contributed by atoms with Gasteiger partial charge in [-0.1, -0.05) is 78.4 Å². The maximum atomic E-state index is 10.4. The highest BCUT2D eigenvalue weighted by molar-refractivity contribution is 7.85. The molecule has 0 atom stereocenters. The summed E-state index contributed by atoms with van der Waals surface area (Å²) in [5, 5.41) is 0. The summed E-state index contributed by atoms with van der Waals surface area (Å²) in [6.07, 6.45) is 0. The van der Waals surface area contributed by atoms with Gasteiger partial charge in [-0.05, 0) is 19.1 Å². The number of hydrogen-bond donors (Lipinski definition) is 0. The Morgan fingerprint density at radius 2 is 0.941 bits per heavy atom. The molecule has 0 radical (unpaired) electrons. The molecule has 0 spiro atoms. The topological polar surface area (TPSA) is 57.2 Å². The molecule has 3 aromatic carbocycles. The quantitative estimate of drug-likeness (QED) is 0.391. The third kappa shape index (κ3) is 15.6. The van der Waals surface area contributed by atoms with Gasteiger partial charge in [0, 0.05) is 11.1 Å². The van der Waals surface area contributed by atoms with E-state index in [1.165, 1.54) is 23.3 Å². The largest absolute Gasteiger partial charge is 1.00 e. The van der Waals surface area contributed by atoms with Crippen LogP contribution >= 0.6 is 0 Å². The van der Waals surface area contributed by atoms with Gasteiger partial charge in [-0.15, -0.1) is 0 Å². The van der Waals surface area contributed by atoms with E-state index in [4.69, 9.17) is 0 Å². The Bertz CT molecular complexity index is 992. The molecule has 5 nitrogen and oxygen atoms in total. The average Bonchev–Trinajstić information content (AvgIpc) is 2.68. The Kier molecular flexibility index (Phi) is 13.3. The second-order valence-corrected chi connectivity index (χ2v) is 11.5. The lowest BCUT2D eigenvalue weighted by atomic mass is 10.2. The summed E-state index contributed by atoms with van der Waals surface area (Å²) in [5.41, 5.74) is 3.73. The van der Waals surface area contributed by atoms with Crippen molar-refractivity contribution in [2.45, 2.75) is 24.9 Å². The van der Waals surface area contributed by atoms with E-state index in [1.54, 1.807) is 12.1 Å². The molecule has 0 unspecified atom stereocenters. The fourth-order valence-electron chi connectivity index (χ4n) is 2.97. The summed E-state index contributed by atoms with van der Waals surface area (Å²) < 4.78 is 33.1. The van der Waals surface area contributed by atoms with E-state index in [-0.39, 0.29) is 17.3 Å². The van der Waals surface area contributed by atoms with E-state index in [1.807, 2.05) is 6.92 Å². The van der Waals surface area contributed by atoms with Crippen molar-refractivity contribution in [2.24, 2.45) is 0 Å². The van der Waals surface area contributed by atoms with Crippen molar-refractivity contribution < 1.29 is 34.3 Å². The van der Waals surface area contributed by atoms with Crippen LogP contribution in [-0.4, -0.2) is 64.2 Å². The predicted octanol–water partition coefficient (Wildman–Crippen LogP) is 1.69. The molecule has 0 aliphatic heterocycles. The van der Waals surface area contributed by atoms with Gasteiger partial charge in [-0.2, -0.15) is 0 Å². The van der Waals surface area contributed by atoms with Crippen molar-refractivity contribution in [1.82, 2.24) is 0 Å². The SMILES string of the molecule is C[N+](C)(C)Cc1ccccc1.C[N+](C)(C)Cc1ccccc1.Cc1ccc(S(=O)(=O)[O-])cc1.[Cl-]. The van der Waals surface area contributed by atoms with Crippen LogP contribution in [0.2, 0.25) is 0 Å². The van der Waals surface area contributed by atoms with E-state index >= 15 is 0 Å². The highest BCUT2D eigenvalue weighted by Crippen LogP contribution is 2.08. The zero-order chi connectivity index (χ0) is 25.1. The van der Waals surface area contributed by atoms with Crippen molar-refractivity contribution in [3.63, 3.8) is 0 Å². The Balaban J connectivity index is 0.000000473. The first-order chi connectivity index (χ1) is 15.2. The smallest absolute Gasteiger partial charge is 0.124 e. The number of rotatable bonds is 5. The van der Waals surface area contributed by atoms with Gasteiger partial charge >= 0.3 is 0 Å². The van der Waals surface area contributed by atoms with Crippen LogP contribution in [0.25, 0.3) is 0 Å². The van der Waals surface area contributed by atoms with Crippen molar-refractivity contribution in [3.8, 4) is 0 Å². The first-order valence-corrected chi connectivity index (χ1v) is 12.3. The molecule has 7 heteroatoms. The number of nitrogens with zero attached hydrogens (tertiary/aromatic N) is 2. The van der Waals surface area contributed by atoms with E-state index in [9.17, 15) is 13.0 Å². The van der Waals surface area contributed by atoms with Crippen LogP contribution in [0, 0.1) is 6.92 Å². The summed E-state index contributed by atoms with van der Waals surface area (Å²) in [4.78, 5) is -0.178. The van der Waals surface area contributed by atoms with Crippen LogP contribution in [0.3, 0.4) is 0 Å². The second kappa shape index (κ2) is 14.2. The number of hydrogen-bond acceptors (Lipinski definition) is 3. The highest BCUT2D eigenvalue weighted by Gasteiger charge is 2.07. The second-order valence-electron chi connectivity index (χ2n) is 10.1. The lowest BCUT2D eigenvalue weighted by Crippen LogP contribution is -3.00. The molecular weight excluding hydrogens is 468 g/mol. The van der Waals surface area contributed by atoms with Gasteiger partial charge in [0.2, 0.25) is 0 Å². The van der Waals surface area contributed by atoms with Crippen LogP contribution in [0.1, 0.15) is 16.7 Å². The maximum Gasteiger partial charge on any atom is 0.124 e. The predicted molar refractivity (Wildman–Crippen MR) is 135 cm³/mol. The van der Waals surface area contributed by atoms with Crippen molar-refractivity contribution >= 4 is 10.1 Å². The monoisotopic (exact) mass is 506 g/mol. The zero-order valence-electron chi connectivity index (χ0n) is 21.4. The molecule has 34 heavy (non-hydrogen) atoms. The van der Waals surface area contributed by atoms with Gasteiger partial charge in [-0.3, -0.25) is 0 Å². The number of benzene rings is 3. The summed E-state index contributed by atoms with van der Waals surface area (Å²) in [5.74, 6) is 0. The lowest BCUT2D eigenvalue weighted by molar-refractivity contribution is -0.884. The minimum absolute atomic E-state index is 0. The molecule has 3 aromatic rings. The minimum Gasteiger partial charge on any atom is -1.00 e. The third-order valence-electron chi connectivity index (χ3n) is 4.31. The van der Waals surface area contributed by atoms with Crippen LogP contribution in [0.4, 0.5) is 0 Å². The van der Waals surface area contributed by atoms with Crippen LogP contribution in [0.5, 0.6) is 0 Å². The normalized spacial score (nSPS) is 11.2. The minimum atomic E-state index is -4.27. The van der Waals surface area contributed by atoms with E-state index in [2.05, 4.69) is 103 Å². The summed E-state index contributed by atoms with van der Waals surface area (Å²) >= 11 is 0. The molecule has 0 aromatic heterocycles. The zero-order valence-corrected chi connectivity index (χ0v) is 23.0. The Labute approximate surface area is 213 Å². The maximum absolute atomic E-state index is 10.4. The molecule has 0 saturated heterocycles. The Morgan fingerprint density at radius 1 is 0.618 bits per heavy atom. The first kappa shape index (κ1) is 31.8. The molecule has 0 bridgehead atoms. The standard InChI is InChI=1S/2C10H16N.C7H8O3S.ClH/c2*1-11(2,3)9-10-7-5-4-6-8-10;1-6-2-4-7(5-3-6)11(8,9)10;/h2*4-8H,9H2,1-3H3;2-5H,1H3,(H,8,9,10);1H/q2*+1;;/p-2. The Morgan fingerprint density at radius 3 is 1.21 bits per heavy atom. The van der Waals surface area contributed by atoms with Gasteiger partial charge in [-0.25, -0.2) is 8.42 Å². The fourth-order valence-corrected chi connectivity index (χ4v) is 3.44. The molecule has 0 saturated carbocycles. The van der Waals surface area contributed by atoms with Gasteiger partial charge in [0.1, 0.15) is 23.2 Å². The van der Waals surface area contributed by atoms with Gasteiger partial charge < -0.3 is 25.9 Å². The fraction of sp³-hybridized carbons (Fsp3) is 0.333. The number of aryl methyl sites for hydroxylation is 1. The van der Waals surface area contributed by atoms with Crippen LogP contribution < -0.4 is 12.4 Å².